The summed E-state index contributed by atoms with van der Waals surface area (Å²) in [4.78, 5) is 14.2. The fourth-order valence-electron chi connectivity index (χ4n) is 1.90. The van der Waals surface area contributed by atoms with E-state index in [1.165, 1.54) is 5.56 Å². The van der Waals surface area contributed by atoms with Gasteiger partial charge in [-0.05, 0) is 31.2 Å². The van der Waals surface area contributed by atoms with Crippen LogP contribution in [0.4, 0.5) is 5.69 Å². The molecule has 0 fully saturated rings. The fourth-order valence-corrected chi connectivity index (χ4v) is 1.90. The molecule has 0 spiro atoms. The molecule has 96 valence electrons. The van der Waals surface area contributed by atoms with Gasteiger partial charge in [0.15, 0.2) is 0 Å². The molecule has 0 radical (unpaired) electrons. The molecule has 0 aliphatic carbocycles. The van der Waals surface area contributed by atoms with E-state index in [0.717, 1.165) is 5.69 Å². The standard InChI is InChI=1S/C17H17NO/c1-3-13-18(16-11-9-14(2)10-12-16)17(19)15-7-5-4-6-8-15/h3-12H,1,13H2,2H3. The van der Waals surface area contributed by atoms with Crippen LogP contribution < -0.4 is 4.90 Å². The molecule has 0 saturated carbocycles. The number of hydrogen-bond donors (Lipinski definition) is 0. The second-order valence-electron chi connectivity index (χ2n) is 4.41. The predicted molar refractivity (Wildman–Crippen MR) is 79.5 cm³/mol. The smallest absolute Gasteiger partial charge is 0.258 e. The Hall–Kier alpha value is -2.35. The maximum absolute atomic E-state index is 12.5. The van der Waals surface area contributed by atoms with Gasteiger partial charge >= 0.3 is 0 Å². The minimum atomic E-state index is -0.00986. The maximum Gasteiger partial charge on any atom is 0.258 e. The van der Waals surface area contributed by atoms with Gasteiger partial charge in [0.1, 0.15) is 0 Å². The zero-order valence-corrected chi connectivity index (χ0v) is 11.0. The number of aryl methyl sites for hydroxylation is 1. The van der Waals surface area contributed by atoms with Crippen molar-refractivity contribution in [3.05, 3.63) is 78.4 Å². The number of hydrogen-bond acceptors (Lipinski definition) is 1. The molecule has 0 aliphatic rings. The van der Waals surface area contributed by atoms with Crippen LogP contribution in [0.3, 0.4) is 0 Å². The average molecular weight is 251 g/mol. The lowest BCUT2D eigenvalue weighted by molar-refractivity contribution is 0.0989. The van der Waals surface area contributed by atoms with Gasteiger partial charge in [-0.3, -0.25) is 4.79 Å². The first-order chi connectivity index (χ1) is 9.22. The summed E-state index contributed by atoms with van der Waals surface area (Å²) in [5.41, 5.74) is 2.75. The van der Waals surface area contributed by atoms with E-state index in [1.807, 2.05) is 61.5 Å². The third-order valence-electron chi connectivity index (χ3n) is 2.92. The molecule has 0 heterocycles. The summed E-state index contributed by atoms with van der Waals surface area (Å²) in [5, 5.41) is 0. The molecule has 19 heavy (non-hydrogen) atoms. The topological polar surface area (TPSA) is 20.3 Å². The van der Waals surface area contributed by atoms with Gasteiger partial charge in [0.2, 0.25) is 0 Å². The maximum atomic E-state index is 12.5. The molecule has 0 bridgehead atoms. The highest BCUT2D eigenvalue weighted by molar-refractivity contribution is 6.06. The normalized spacial score (nSPS) is 9.95. The second-order valence-corrected chi connectivity index (χ2v) is 4.41. The molecule has 0 N–H and O–H groups in total. The highest BCUT2D eigenvalue weighted by atomic mass is 16.2. The lowest BCUT2D eigenvalue weighted by atomic mass is 10.1. The second kappa shape index (κ2) is 6.01. The van der Waals surface area contributed by atoms with Crippen molar-refractivity contribution in [3.63, 3.8) is 0 Å². The number of carbonyl (C=O) groups excluding carboxylic acids is 1. The Bertz CT molecular complexity index is 558. The number of nitrogens with zero attached hydrogens (tertiary/aromatic N) is 1. The van der Waals surface area contributed by atoms with Crippen molar-refractivity contribution < 1.29 is 4.79 Å². The van der Waals surface area contributed by atoms with Crippen LogP contribution >= 0.6 is 0 Å². The van der Waals surface area contributed by atoms with Crippen LogP contribution in [0.1, 0.15) is 15.9 Å². The van der Waals surface area contributed by atoms with Gasteiger partial charge < -0.3 is 4.90 Å². The quantitative estimate of drug-likeness (QED) is 0.756. The summed E-state index contributed by atoms with van der Waals surface area (Å²) in [6.07, 6.45) is 1.74. The van der Waals surface area contributed by atoms with E-state index < -0.39 is 0 Å². The molecule has 0 atom stereocenters. The van der Waals surface area contributed by atoms with Crippen LogP contribution in [0.25, 0.3) is 0 Å². The molecule has 0 saturated heterocycles. The van der Waals surface area contributed by atoms with Crippen LogP contribution in [0.5, 0.6) is 0 Å². The molecule has 1 amide bonds. The van der Waals surface area contributed by atoms with Crippen LogP contribution in [-0.4, -0.2) is 12.5 Å². The molecular formula is C17H17NO. The molecule has 2 aromatic rings. The monoisotopic (exact) mass is 251 g/mol. The summed E-state index contributed by atoms with van der Waals surface area (Å²) in [5.74, 6) is -0.00986. The minimum Gasteiger partial charge on any atom is -0.305 e. The van der Waals surface area contributed by atoms with E-state index >= 15 is 0 Å². The van der Waals surface area contributed by atoms with Gasteiger partial charge in [-0.2, -0.15) is 0 Å². The fraction of sp³-hybridized carbons (Fsp3) is 0.118. The number of benzene rings is 2. The van der Waals surface area contributed by atoms with Gasteiger partial charge in [-0.1, -0.05) is 42.0 Å². The lowest BCUT2D eigenvalue weighted by Crippen LogP contribution is -2.30. The summed E-state index contributed by atoms with van der Waals surface area (Å²) in [7, 11) is 0. The van der Waals surface area contributed by atoms with Gasteiger partial charge in [-0.25, -0.2) is 0 Å². The van der Waals surface area contributed by atoms with E-state index in [0.29, 0.717) is 12.1 Å². The lowest BCUT2D eigenvalue weighted by Gasteiger charge is -2.21. The third kappa shape index (κ3) is 3.10. The molecular weight excluding hydrogens is 234 g/mol. The first-order valence-corrected chi connectivity index (χ1v) is 6.27. The Kier molecular flexibility index (Phi) is 4.14. The predicted octanol–water partition coefficient (Wildman–Crippen LogP) is 3.83. The zero-order chi connectivity index (χ0) is 13.7. The van der Waals surface area contributed by atoms with E-state index in [-0.39, 0.29) is 5.91 Å². The largest absolute Gasteiger partial charge is 0.305 e. The van der Waals surface area contributed by atoms with Crippen LogP contribution in [0, 0.1) is 6.92 Å². The first-order valence-electron chi connectivity index (χ1n) is 6.27. The molecule has 2 rings (SSSR count). The Morgan fingerprint density at radius 3 is 2.32 bits per heavy atom. The molecule has 0 aliphatic heterocycles. The van der Waals surface area contributed by atoms with Crippen LogP contribution in [0.15, 0.2) is 67.3 Å². The summed E-state index contributed by atoms with van der Waals surface area (Å²) in [6.45, 7) is 6.25. The van der Waals surface area contributed by atoms with E-state index in [2.05, 4.69) is 6.58 Å². The van der Waals surface area contributed by atoms with E-state index in [1.54, 1.807) is 11.0 Å². The van der Waals surface area contributed by atoms with Gasteiger partial charge in [-0.15, -0.1) is 6.58 Å². The third-order valence-corrected chi connectivity index (χ3v) is 2.92. The van der Waals surface area contributed by atoms with E-state index in [9.17, 15) is 4.79 Å². The van der Waals surface area contributed by atoms with Gasteiger partial charge in [0.05, 0.1) is 0 Å². The van der Waals surface area contributed by atoms with E-state index in [4.69, 9.17) is 0 Å². The van der Waals surface area contributed by atoms with Crippen LogP contribution in [-0.2, 0) is 0 Å². The number of anilines is 1. The Morgan fingerprint density at radius 1 is 1.11 bits per heavy atom. The Morgan fingerprint density at radius 2 is 1.74 bits per heavy atom. The molecule has 0 unspecified atom stereocenters. The zero-order valence-electron chi connectivity index (χ0n) is 11.0. The number of carbonyl (C=O) groups is 1. The highest BCUT2D eigenvalue weighted by Crippen LogP contribution is 2.18. The Balaban J connectivity index is 2.32. The summed E-state index contributed by atoms with van der Waals surface area (Å²) < 4.78 is 0. The average Bonchev–Trinajstić information content (AvgIpc) is 2.46. The SMILES string of the molecule is C=CCN(C(=O)c1ccccc1)c1ccc(C)cc1. The molecule has 2 aromatic carbocycles. The van der Waals surface area contributed by atoms with Crippen molar-refractivity contribution in [2.75, 3.05) is 11.4 Å². The van der Waals surface area contributed by atoms with Crippen molar-refractivity contribution in [2.24, 2.45) is 0 Å². The molecule has 2 nitrogen and oxygen atoms in total. The molecule has 0 aromatic heterocycles. The minimum absolute atomic E-state index is 0.00986. The van der Waals surface area contributed by atoms with Crippen molar-refractivity contribution in [1.29, 1.82) is 0 Å². The van der Waals surface area contributed by atoms with Gasteiger partial charge in [0, 0.05) is 17.8 Å². The highest BCUT2D eigenvalue weighted by Gasteiger charge is 2.15. The number of amides is 1. The molecule has 2 heteroatoms. The van der Waals surface area contributed by atoms with Crippen molar-refractivity contribution in [3.8, 4) is 0 Å². The summed E-state index contributed by atoms with van der Waals surface area (Å²) in [6, 6.07) is 17.2. The number of rotatable bonds is 4. The first kappa shape index (κ1) is 13.1. The van der Waals surface area contributed by atoms with Crippen LogP contribution in [0.2, 0.25) is 0 Å². The van der Waals surface area contributed by atoms with Crippen molar-refractivity contribution in [1.82, 2.24) is 0 Å². The van der Waals surface area contributed by atoms with Crippen molar-refractivity contribution in [2.45, 2.75) is 6.92 Å². The van der Waals surface area contributed by atoms with Crippen molar-refractivity contribution >= 4 is 11.6 Å². The van der Waals surface area contributed by atoms with Gasteiger partial charge in [0.25, 0.3) is 5.91 Å². The Labute approximate surface area is 114 Å². The summed E-state index contributed by atoms with van der Waals surface area (Å²) >= 11 is 0.